The van der Waals surface area contributed by atoms with Gasteiger partial charge in [0.25, 0.3) is 5.56 Å². The molecule has 12 heteroatoms. The lowest BCUT2D eigenvalue weighted by molar-refractivity contribution is -0.137. The van der Waals surface area contributed by atoms with Crippen molar-refractivity contribution in [3.63, 3.8) is 0 Å². The Bertz CT molecular complexity index is 1020. The predicted octanol–water partition coefficient (Wildman–Crippen LogP) is 3.70. The minimum atomic E-state index is -4.56. The monoisotopic (exact) mass is 479 g/mol. The molecule has 33 heavy (non-hydrogen) atoms. The molecule has 0 spiro atoms. The summed E-state index contributed by atoms with van der Waals surface area (Å²) in [6.07, 6.45) is -10.8. The maximum absolute atomic E-state index is 12.8. The van der Waals surface area contributed by atoms with Gasteiger partial charge in [0, 0.05) is 31.0 Å². The number of aromatic nitrogens is 2. The van der Waals surface area contributed by atoms with Gasteiger partial charge < -0.3 is 10.4 Å². The number of nitrogens with one attached hydrogen (secondary N) is 1. The molecule has 0 radical (unpaired) electrons. The second kappa shape index (κ2) is 9.94. The molecule has 0 aliphatic carbocycles. The van der Waals surface area contributed by atoms with Crippen LogP contribution in [0.1, 0.15) is 38.1 Å². The van der Waals surface area contributed by atoms with Crippen LogP contribution in [0, 0.1) is 0 Å². The van der Waals surface area contributed by atoms with Crippen molar-refractivity contribution < 1.29 is 36.2 Å². The summed E-state index contributed by atoms with van der Waals surface area (Å²) < 4.78 is 77.0. The number of halogens is 6. The first-order valence-electron chi connectivity index (χ1n) is 9.89. The van der Waals surface area contributed by atoms with Crippen LogP contribution in [0.3, 0.4) is 0 Å². The molecular formula is C21H23F6N3O3. The van der Waals surface area contributed by atoms with Crippen LogP contribution < -0.4 is 10.9 Å². The maximum Gasteiger partial charge on any atom is 0.416 e. The minimum Gasteiger partial charge on any atom is -0.389 e. The first-order valence-corrected chi connectivity index (χ1v) is 9.89. The number of benzene rings is 1. The van der Waals surface area contributed by atoms with Crippen LogP contribution >= 0.6 is 0 Å². The number of aliphatic hydroxyl groups is 1. The maximum atomic E-state index is 12.8. The Balaban J connectivity index is 2.36. The van der Waals surface area contributed by atoms with Gasteiger partial charge in [0.15, 0.2) is 0 Å². The summed E-state index contributed by atoms with van der Waals surface area (Å²) >= 11 is 0. The minimum absolute atomic E-state index is 0.0242. The topological polar surface area (TPSA) is 84.2 Å². The summed E-state index contributed by atoms with van der Waals surface area (Å²) in [7, 11) is 0. The van der Waals surface area contributed by atoms with Gasteiger partial charge >= 0.3 is 12.4 Å². The SMILES string of the molecule is CC(C)(O)CNC(=O)Cn1c(CCCC(F)(F)F)nc(-c2ccc(C(F)(F)F)cc2)cc1=O. The van der Waals surface area contributed by atoms with Crippen molar-refractivity contribution in [2.45, 2.75) is 57.6 Å². The Kier molecular flexibility index (Phi) is 7.94. The fourth-order valence-electron chi connectivity index (χ4n) is 2.85. The van der Waals surface area contributed by atoms with Crippen LogP contribution in [-0.2, 0) is 23.9 Å². The second-order valence-electron chi connectivity index (χ2n) is 8.11. The fourth-order valence-corrected chi connectivity index (χ4v) is 2.85. The highest BCUT2D eigenvalue weighted by molar-refractivity contribution is 5.76. The van der Waals surface area contributed by atoms with E-state index in [-0.39, 0.29) is 30.0 Å². The zero-order valence-corrected chi connectivity index (χ0v) is 17.8. The zero-order chi connectivity index (χ0) is 25.0. The molecule has 0 aliphatic heterocycles. The smallest absolute Gasteiger partial charge is 0.389 e. The van der Waals surface area contributed by atoms with E-state index in [2.05, 4.69) is 10.3 Å². The molecule has 1 aromatic carbocycles. The van der Waals surface area contributed by atoms with Crippen molar-refractivity contribution in [3.05, 3.63) is 52.1 Å². The predicted molar refractivity (Wildman–Crippen MR) is 107 cm³/mol. The molecule has 0 saturated heterocycles. The molecule has 0 bridgehead atoms. The molecule has 0 unspecified atom stereocenters. The van der Waals surface area contributed by atoms with Crippen LogP contribution in [0.4, 0.5) is 26.3 Å². The Morgan fingerprint density at radius 3 is 2.21 bits per heavy atom. The van der Waals surface area contributed by atoms with Gasteiger partial charge in [-0.05, 0) is 32.4 Å². The highest BCUT2D eigenvalue weighted by Crippen LogP contribution is 2.30. The van der Waals surface area contributed by atoms with Crippen molar-refractivity contribution in [2.24, 2.45) is 0 Å². The van der Waals surface area contributed by atoms with Gasteiger partial charge in [0.2, 0.25) is 5.91 Å². The van der Waals surface area contributed by atoms with Gasteiger partial charge in [-0.2, -0.15) is 26.3 Å². The Hall–Kier alpha value is -2.89. The van der Waals surface area contributed by atoms with Gasteiger partial charge in [0.1, 0.15) is 12.4 Å². The van der Waals surface area contributed by atoms with Crippen LogP contribution in [0.25, 0.3) is 11.3 Å². The number of nitrogens with zero attached hydrogens (tertiary/aromatic N) is 2. The standard InChI is InChI=1S/C21H23F6N3O3/c1-19(2,33)12-28-17(31)11-30-16(4-3-9-20(22,23)24)29-15(10-18(30)32)13-5-7-14(8-6-13)21(25,26)27/h5-8,10,33H,3-4,9,11-12H2,1-2H3,(H,28,31). The Labute approximate surface area is 185 Å². The number of carbonyl (C=O) groups is 1. The summed E-state index contributed by atoms with van der Waals surface area (Å²) in [6.45, 7) is 2.22. The average Bonchev–Trinajstić information content (AvgIpc) is 2.66. The first kappa shape index (κ1) is 26.4. The van der Waals surface area contributed by atoms with Crippen LogP contribution in [0.2, 0.25) is 0 Å². The molecule has 1 amide bonds. The lowest BCUT2D eigenvalue weighted by atomic mass is 10.1. The van der Waals surface area contributed by atoms with Crippen LogP contribution in [-0.4, -0.2) is 38.9 Å². The molecular weight excluding hydrogens is 456 g/mol. The van der Waals surface area contributed by atoms with Gasteiger partial charge in [-0.3, -0.25) is 14.2 Å². The van der Waals surface area contributed by atoms with Crippen molar-refractivity contribution >= 4 is 5.91 Å². The highest BCUT2D eigenvalue weighted by Gasteiger charge is 2.30. The van der Waals surface area contributed by atoms with E-state index in [1.165, 1.54) is 13.8 Å². The number of carbonyl (C=O) groups excluding carboxylic acids is 1. The molecule has 0 aliphatic rings. The molecule has 2 rings (SSSR count). The number of aryl methyl sites for hydroxylation is 1. The van der Waals surface area contributed by atoms with Gasteiger partial charge in [-0.15, -0.1) is 0 Å². The highest BCUT2D eigenvalue weighted by atomic mass is 19.4. The quantitative estimate of drug-likeness (QED) is 0.566. The average molecular weight is 479 g/mol. The van der Waals surface area contributed by atoms with Crippen molar-refractivity contribution in [1.82, 2.24) is 14.9 Å². The van der Waals surface area contributed by atoms with E-state index in [1.807, 2.05) is 0 Å². The van der Waals surface area contributed by atoms with E-state index < -0.39 is 54.4 Å². The molecule has 2 N–H and O–H groups in total. The van der Waals surface area contributed by atoms with Crippen molar-refractivity contribution in [1.29, 1.82) is 0 Å². The lowest BCUT2D eigenvalue weighted by Gasteiger charge is -2.19. The molecule has 0 saturated carbocycles. The number of rotatable bonds is 8. The molecule has 2 aromatic rings. The van der Waals surface area contributed by atoms with Crippen molar-refractivity contribution in [2.75, 3.05) is 6.54 Å². The third-order valence-corrected chi connectivity index (χ3v) is 4.48. The summed E-state index contributed by atoms with van der Waals surface area (Å²) in [5, 5.41) is 12.1. The van der Waals surface area contributed by atoms with Gasteiger partial charge in [-0.25, -0.2) is 4.98 Å². The number of hydrogen-bond acceptors (Lipinski definition) is 4. The summed E-state index contributed by atoms with van der Waals surface area (Å²) in [5.41, 5.74) is -2.74. The number of alkyl halides is 6. The van der Waals surface area contributed by atoms with E-state index in [4.69, 9.17) is 0 Å². The van der Waals surface area contributed by atoms with E-state index in [9.17, 15) is 41.0 Å². The third-order valence-electron chi connectivity index (χ3n) is 4.48. The molecule has 1 aromatic heterocycles. The Morgan fingerprint density at radius 2 is 1.70 bits per heavy atom. The molecule has 0 fully saturated rings. The van der Waals surface area contributed by atoms with E-state index in [1.54, 1.807) is 0 Å². The van der Waals surface area contributed by atoms with E-state index in [0.29, 0.717) is 0 Å². The normalized spacial score (nSPS) is 12.6. The van der Waals surface area contributed by atoms with Crippen LogP contribution in [0.5, 0.6) is 0 Å². The van der Waals surface area contributed by atoms with Crippen LogP contribution in [0.15, 0.2) is 35.1 Å². The first-order chi connectivity index (χ1) is 15.0. The molecule has 0 atom stereocenters. The van der Waals surface area contributed by atoms with E-state index >= 15 is 0 Å². The van der Waals surface area contributed by atoms with Gasteiger partial charge in [0.05, 0.1) is 16.9 Å². The largest absolute Gasteiger partial charge is 0.416 e. The Morgan fingerprint density at radius 1 is 1.09 bits per heavy atom. The van der Waals surface area contributed by atoms with Gasteiger partial charge in [-0.1, -0.05) is 12.1 Å². The molecule has 182 valence electrons. The molecule has 6 nitrogen and oxygen atoms in total. The number of amides is 1. The fraction of sp³-hybridized carbons (Fsp3) is 0.476. The lowest BCUT2D eigenvalue weighted by Crippen LogP contribution is -2.41. The summed E-state index contributed by atoms with van der Waals surface area (Å²) in [4.78, 5) is 29.0. The second-order valence-corrected chi connectivity index (χ2v) is 8.11. The zero-order valence-electron chi connectivity index (χ0n) is 17.8. The van der Waals surface area contributed by atoms with Crippen molar-refractivity contribution in [3.8, 4) is 11.3 Å². The summed E-state index contributed by atoms with van der Waals surface area (Å²) in [5.74, 6) is -0.777. The molecule has 1 heterocycles. The van der Waals surface area contributed by atoms with E-state index in [0.717, 1.165) is 34.9 Å². The third kappa shape index (κ3) is 8.52. The summed E-state index contributed by atoms with van der Waals surface area (Å²) in [6, 6.07) is 4.81. The number of hydrogen-bond donors (Lipinski definition) is 2.